The van der Waals surface area contributed by atoms with Crippen molar-refractivity contribution < 1.29 is 91.4 Å². The monoisotopic (exact) mass is 790 g/mol. The Labute approximate surface area is 316 Å². The highest BCUT2D eigenvalue weighted by Crippen LogP contribution is 2.40. The van der Waals surface area contributed by atoms with Crippen LogP contribution in [-0.2, 0) is 61.9 Å². The number of phenols is 4. The molecule has 3 heterocycles. The standard InChI is InChI=1S/C36H38O20/c1-13-28(50-15(3)38)32(52-17(5)40)34(53-18(6)41)36(48-13)56-33-30(51-16(4)39)25(49-14(2)37)12-47-35(33)55-31-27(46)26-23(45)10-20(42)11-24(26)54-29(31)19-7-8-21(43)22(44)9-19/h7-11,13,25,28,30,32-36,42-45H,12H2,1-6H3/t13-,25-,28-,30-,32+,33+,34+,35-,36-/m0/s1. The summed E-state index contributed by atoms with van der Waals surface area (Å²) in [5.41, 5.74) is -1.46. The van der Waals surface area contributed by atoms with Crippen molar-refractivity contribution in [2.75, 3.05) is 6.61 Å². The molecule has 2 aliphatic heterocycles. The van der Waals surface area contributed by atoms with E-state index in [9.17, 15) is 49.2 Å². The molecule has 5 rings (SSSR count). The SMILES string of the molecule is CC(=O)O[C@@H]1[C@@H](OC(C)=O)[C@H](C)O[C@@H](O[C@H]2[C@H](Oc3c(-c4ccc(O)c(O)c4)oc4cc(O)cc(O)c4c3=O)OC[C@H](OC(C)=O)[C@@H]2OC(C)=O)[C@@H]1OC(C)=O. The third kappa shape index (κ3) is 9.04. The van der Waals surface area contributed by atoms with Crippen LogP contribution in [0.25, 0.3) is 22.3 Å². The minimum absolute atomic E-state index is 0.0696. The number of carbonyl (C=O) groups is 5. The van der Waals surface area contributed by atoms with Gasteiger partial charge in [0.2, 0.25) is 17.5 Å². The Bertz CT molecular complexity index is 2070. The molecular formula is C36H38O20. The van der Waals surface area contributed by atoms with E-state index in [0.717, 1.165) is 58.9 Å². The van der Waals surface area contributed by atoms with E-state index in [0.29, 0.717) is 0 Å². The Hall–Kier alpha value is -6.12. The number of benzene rings is 2. The molecule has 0 amide bonds. The van der Waals surface area contributed by atoms with Gasteiger partial charge in [0.25, 0.3) is 0 Å². The van der Waals surface area contributed by atoms with Crippen LogP contribution >= 0.6 is 0 Å². The lowest BCUT2D eigenvalue weighted by Gasteiger charge is -2.46. The molecule has 2 fully saturated rings. The number of aromatic hydroxyl groups is 4. The third-order valence-corrected chi connectivity index (χ3v) is 8.32. The van der Waals surface area contributed by atoms with Gasteiger partial charge in [0.15, 0.2) is 60.2 Å². The molecular weight excluding hydrogens is 752 g/mol. The zero-order valence-electron chi connectivity index (χ0n) is 30.6. The van der Waals surface area contributed by atoms with E-state index in [4.69, 9.17) is 47.0 Å². The second kappa shape index (κ2) is 16.7. The first-order chi connectivity index (χ1) is 26.3. The first-order valence-electron chi connectivity index (χ1n) is 16.8. The van der Waals surface area contributed by atoms with Crippen molar-refractivity contribution >= 4 is 40.8 Å². The van der Waals surface area contributed by atoms with E-state index in [1.807, 2.05) is 0 Å². The Morgan fingerprint density at radius 1 is 0.661 bits per heavy atom. The van der Waals surface area contributed by atoms with E-state index in [1.54, 1.807) is 0 Å². The van der Waals surface area contributed by atoms with Crippen molar-refractivity contribution in [1.29, 1.82) is 0 Å². The topological polar surface area (TPSA) is 280 Å². The van der Waals surface area contributed by atoms with Crippen LogP contribution in [0.3, 0.4) is 0 Å². The van der Waals surface area contributed by atoms with Crippen molar-refractivity contribution in [2.24, 2.45) is 0 Å². The number of esters is 5. The highest BCUT2D eigenvalue weighted by atomic mass is 16.8. The summed E-state index contributed by atoms with van der Waals surface area (Å²) in [5, 5.41) is 40.6. The molecule has 0 unspecified atom stereocenters. The average Bonchev–Trinajstić information content (AvgIpc) is 3.07. The van der Waals surface area contributed by atoms with Crippen molar-refractivity contribution in [2.45, 2.75) is 96.9 Å². The summed E-state index contributed by atoms with van der Waals surface area (Å²) in [5.74, 6) is -7.89. The van der Waals surface area contributed by atoms with Crippen molar-refractivity contribution in [1.82, 2.24) is 0 Å². The highest BCUT2D eigenvalue weighted by molar-refractivity contribution is 5.88. The first kappa shape index (κ1) is 41.1. The smallest absolute Gasteiger partial charge is 0.303 e. The number of hydrogen-bond acceptors (Lipinski definition) is 20. The molecule has 0 saturated carbocycles. The van der Waals surface area contributed by atoms with Gasteiger partial charge >= 0.3 is 29.8 Å². The fraction of sp³-hybridized carbons (Fsp3) is 0.444. The minimum atomic E-state index is -1.87. The third-order valence-electron chi connectivity index (χ3n) is 8.32. The number of hydrogen-bond donors (Lipinski definition) is 4. The summed E-state index contributed by atoms with van der Waals surface area (Å²) < 4.78 is 57.5. The van der Waals surface area contributed by atoms with E-state index in [1.165, 1.54) is 13.0 Å². The zero-order chi connectivity index (χ0) is 41.2. The fourth-order valence-corrected chi connectivity index (χ4v) is 6.22. The Kier molecular flexibility index (Phi) is 12.3. The van der Waals surface area contributed by atoms with Crippen LogP contribution in [-0.4, -0.2) is 112 Å². The van der Waals surface area contributed by atoms with Gasteiger partial charge in [-0.3, -0.25) is 28.8 Å². The minimum Gasteiger partial charge on any atom is -0.508 e. The molecule has 9 atom stereocenters. The number of carbonyl (C=O) groups excluding carboxylic acids is 5. The molecule has 56 heavy (non-hydrogen) atoms. The quantitative estimate of drug-likeness (QED) is 0.129. The second-order valence-electron chi connectivity index (χ2n) is 12.7. The van der Waals surface area contributed by atoms with E-state index < -0.39 is 137 Å². The van der Waals surface area contributed by atoms with Crippen LogP contribution in [0.5, 0.6) is 28.7 Å². The molecule has 4 N–H and O–H groups in total. The predicted octanol–water partition coefficient (Wildman–Crippen LogP) is 1.81. The summed E-state index contributed by atoms with van der Waals surface area (Å²) in [6.07, 6.45) is -14.2. The van der Waals surface area contributed by atoms with Gasteiger partial charge in [0, 0.05) is 52.3 Å². The van der Waals surface area contributed by atoms with Gasteiger partial charge in [-0.05, 0) is 25.1 Å². The van der Waals surface area contributed by atoms with E-state index >= 15 is 0 Å². The molecule has 2 aliphatic rings. The Balaban J connectivity index is 1.68. The fourth-order valence-electron chi connectivity index (χ4n) is 6.22. The number of rotatable bonds is 10. The summed E-state index contributed by atoms with van der Waals surface area (Å²) in [6, 6.07) is 5.20. The van der Waals surface area contributed by atoms with Crippen LogP contribution < -0.4 is 10.2 Å². The maximum atomic E-state index is 14.2. The van der Waals surface area contributed by atoms with Gasteiger partial charge in [0.1, 0.15) is 22.5 Å². The maximum Gasteiger partial charge on any atom is 0.303 e. The molecule has 3 aromatic rings. The largest absolute Gasteiger partial charge is 0.508 e. The molecule has 2 saturated heterocycles. The van der Waals surface area contributed by atoms with Crippen LogP contribution in [0.4, 0.5) is 0 Å². The van der Waals surface area contributed by atoms with Crippen LogP contribution in [0.2, 0.25) is 0 Å². The number of phenolic OH excluding ortho intramolecular Hbond substituents is 4. The van der Waals surface area contributed by atoms with Crippen LogP contribution in [0.1, 0.15) is 41.5 Å². The molecule has 2 aromatic carbocycles. The average molecular weight is 791 g/mol. The number of ether oxygens (including phenoxy) is 9. The molecule has 0 aliphatic carbocycles. The van der Waals surface area contributed by atoms with E-state index in [-0.39, 0.29) is 11.1 Å². The van der Waals surface area contributed by atoms with Crippen LogP contribution in [0, 0.1) is 0 Å². The molecule has 0 spiro atoms. The van der Waals surface area contributed by atoms with Gasteiger partial charge in [-0.25, -0.2) is 0 Å². The summed E-state index contributed by atoms with van der Waals surface area (Å²) in [7, 11) is 0. The predicted molar refractivity (Wildman–Crippen MR) is 182 cm³/mol. The van der Waals surface area contributed by atoms with Crippen molar-refractivity contribution in [3.8, 4) is 40.1 Å². The lowest BCUT2D eigenvalue weighted by molar-refractivity contribution is -0.347. The number of fused-ring (bicyclic) bond motifs is 1. The van der Waals surface area contributed by atoms with E-state index in [2.05, 4.69) is 0 Å². The highest BCUT2D eigenvalue weighted by Gasteiger charge is 2.55. The summed E-state index contributed by atoms with van der Waals surface area (Å²) >= 11 is 0. The summed E-state index contributed by atoms with van der Waals surface area (Å²) in [6.45, 7) is 6.12. The van der Waals surface area contributed by atoms with Gasteiger partial charge in [-0.2, -0.15) is 0 Å². The van der Waals surface area contributed by atoms with Crippen LogP contribution in [0.15, 0.2) is 39.5 Å². The second-order valence-corrected chi connectivity index (χ2v) is 12.7. The molecule has 0 radical (unpaired) electrons. The molecule has 0 bridgehead atoms. The Morgan fingerprint density at radius 3 is 1.86 bits per heavy atom. The molecule has 20 nitrogen and oxygen atoms in total. The van der Waals surface area contributed by atoms with Gasteiger partial charge in [-0.1, -0.05) is 0 Å². The lowest BCUT2D eigenvalue weighted by Crippen LogP contribution is -2.65. The van der Waals surface area contributed by atoms with Gasteiger partial charge in [0.05, 0.1) is 12.7 Å². The molecule has 20 heteroatoms. The first-order valence-corrected chi connectivity index (χ1v) is 16.8. The zero-order valence-corrected chi connectivity index (χ0v) is 30.6. The maximum absolute atomic E-state index is 14.2. The van der Waals surface area contributed by atoms with Gasteiger partial charge < -0.3 is 67.5 Å². The van der Waals surface area contributed by atoms with Gasteiger partial charge in [-0.15, -0.1) is 0 Å². The van der Waals surface area contributed by atoms with Crippen molar-refractivity contribution in [3.05, 3.63) is 40.6 Å². The molecule has 302 valence electrons. The lowest BCUT2D eigenvalue weighted by atomic mass is 9.98. The van der Waals surface area contributed by atoms with Crippen molar-refractivity contribution in [3.63, 3.8) is 0 Å². The Morgan fingerprint density at radius 2 is 1.25 bits per heavy atom. The molecule has 1 aromatic heterocycles. The summed E-state index contributed by atoms with van der Waals surface area (Å²) in [4.78, 5) is 75.6. The normalized spacial score (nSPS) is 26.1.